The van der Waals surface area contributed by atoms with Crippen LogP contribution in [0, 0.1) is 0 Å². The molecule has 3 N–H and O–H groups in total. The average molecular weight is 756 g/mol. The molecule has 0 aromatic rings. The van der Waals surface area contributed by atoms with Crippen molar-refractivity contribution in [1.29, 1.82) is 0 Å². The van der Waals surface area contributed by atoms with Gasteiger partial charge in [0.15, 0.2) is 0 Å². The lowest BCUT2D eigenvalue weighted by Crippen LogP contribution is -2.45. The molecule has 0 bridgehead atoms. The highest BCUT2D eigenvalue weighted by Gasteiger charge is 2.17. The molecule has 0 saturated carbocycles. The summed E-state index contributed by atoms with van der Waals surface area (Å²) < 4.78 is 0. The fourth-order valence-electron chi connectivity index (χ4n) is 7.09. The maximum Gasteiger partial charge on any atom is 0.220 e. The van der Waals surface area contributed by atoms with Crippen LogP contribution >= 0.6 is 0 Å². The van der Waals surface area contributed by atoms with Crippen LogP contribution in [0.25, 0.3) is 0 Å². The summed E-state index contributed by atoms with van der Waals surface area (Å²) in [6.45, 7) is 4.30. The first kappa shape index (κ1) is 52.3. The Labute approximate surface area is 337 Å². The van der Waals surface area contributed by atoms with Crippen molar-refractivity contribution in [1.82, 2.24) is 5.32 Å². The molecule has 1 amide bonds. The number of amides is 1. The van der Waals surface area contributed by atoms with Crippen molar-refractivity contribution < 1.29 is 15.0 Å². The minimum atomic E-state index is -0.870. The zero-order valence-corrected chi connectivity index (χ0v) is 36.2. The Morgan fingerprint density at radius 2 is 0.722 bits per heavy atom. The van der Waals surface area contributed by atoms with Crippen LogP contribution in [0.3, 0.4) is 0 Å². The molecule has 0 aliphatic carbocycles. The average Bonchev–Trinajstić information content (AvgIpc) is 3.18. The van der Waals surface area contributed by atoms with Crippen LogP contribution in [0.5, 0.6) is 0 Å². The van der Waals surface area contributed by atoms with Crippen LogP contribution in [-0.2, 0) is 4.79 Å². The van der Waals surface area contributed by atoms with E-state index in [1.807, 2.05) is 6.08 Å². The summed E-state index contributed by atoms with van der Waals surface area (Å²) in [6, 6.07) is -0.646. The maximum atomic E-state index is 12.4. The standard InChI is InChI=1S/C50H93NO3/c1-3-5-7-9-11-13-15-17-19-21-23-24-25-26-28-30-32-34-36-38-40-42-44-46-50(54)51-48(47-52)49(53)45-43-41-39-37-35-33-31-29-27-22-20-18-16-14-12-10-8-6-4-2/h21,23,27,29,35,37,43,45,48-49,52-53H,3-20,22,24-26,28,30-34,36,38-42,44,46-47H2,1-2H3,(H,51,54)/b23-21-,29-27+,37-35+,45-43+. The van der Waals surface area contributed by atoms with Gasteiger partial charge in [-0.2, -0.15) is 0 Å². The van der Waals surface area contributed by atoms with E-state index in [0.717, 1.165) is 38.5 Å². The predicted octanol–water partition coefficient (Wildman–Crippen LogP) is 15.1. The van der Waals surface area contributed by atoms with Gasteiger partial charge in [0, 0.05) is 6.42 Å². The van der Waals surface area contributed by atoms with E-state index in [0.29, 0.717) is 6.42 Å². The van der Waals surface area contributed by atoms with Gasteiger partial charge in [-0.3, -0.25) is 4.79 Å². The van der Waals surface area contributed by atoms with E-state index in [9.17, 15) is 15.0 Å². The van der Waals surface area contributed by atoms with Crippen molar-refractivity contribution in [3.8, 4) is 0 Å². The van der Waals surface area contributed by atoms with Crippen LogP contribution in [0.2, 0.25) is 0 Å². The number of rotatable bonds is 43. The smallest absolute Gasteiger partial charge is 0.220 e. The fourth-order valence-corrected chi connectivity index (χ4v) is 7.09. The summed E-state index contributed by atoms with van der Waals surface area (Å²) in [5.74, 6) is -0.0781. The normalized spacial score (nSPS) is 13.3. The van der Waals surface area contributed by atoms with E-state index < -0.39 is 12.1 Å². The van der Waals surface area contributed by atoms with Crippen LogP contribution < -0.4 is 5.32 Å². The lowest BCUT2D eigenvalue weighted by molar-refractivity contribution is -0.123. The van der Waals surface area contributed by atoms with Crippen LogP contribution in [0.15, 0.2) is 48.6 Å². The molecule has 0 heterocycles. The Kier molecular flexibility index (Phi) is 44.3. The van der Waals surface area contributed by atoms with Gasteiger partial charge >= 0.3 is 0 Å². The Hall–Kier alpha value is -1.65. The summed E-state index contributed by atoms with van der Waals surface area (Å²) in [5, 5.41) is 23.0. The number of allylic oxidation sites excluding steroid dienone is 7. The quantitative estimate of drug-likeness (QED) is 0.0429. The second-order valence-electron chi connectivity index (χ2n) is 16.2. The van der Waals surface area contributed by atoms with Gasteiger partial charge in [-0.25, -0.2) is 0 Å². The SMILES string of the molecule is CCCCCCCCCC/C=C\CCCCCCCCCCCCCC(=O)NC(CO)C(O)/C=C/CC/C=C/CC/C=C/CCCCCCCCCCC. The van der Waals surface area contributed by atoms with Crippen molar-refractivity contribution in [2.75, 3.05) is 6.61 Å². The van der Waals surface area contributed by atoms with Gasteiger partial charge in [-0.05, 0) is 70.6 Å². The molecule has 0 fully saturated rings. The lowest BCUT2D eigenvalue weighted by atomic mass is 10.0. The van der Waals surface area contributed by atoms with E-state index in [-0.39, 0.29) is 12.5 Å². The monoisotopic (exact) mass is 756 g/mol. The number of hydrogen-bond acceptors (Lipinski definition) is 3. The molecular formula is C50H93NO3. The first-order valence-corrected chi connectivity index (χ1v) is 23.9. The molecule has 0 rings (SSSR count). The Morgan fingerprint density at radius 1 is 0.426 bits per heavy atom. The van der Waals surface area contributed by atoms with E-state index in [1.165, 1.54) is 186 Å². The van der Waals surface area contributed by atoms with Crippen LogP contribution in [0.1, 0.15) is 245 Å². The van der Waals surface area contributed by atoms with Crippen molar-refractivity contribution in [3.63, 3.8) is 0 Å². The van der Waals surface area contributed by atoms with Crippen molar-refractivity contribution >= 4 is 5.91 Å². The molecule has 0 aromatic carbocycles. The Balaban J connectivity index is 3.60. The zero-order chi connectivity index (χ0) is 39.3. The molecule has 0 aliphatic heterocycles. The molecule has 316 valence electrons. The van der Waals surface area contributed by atoms with Crippen LogP contribution in [0.4, 0.5) is 0 Å². The van der Waals surface area contributed by atoms with Gasteiger partial charge in [0.1, 0.15) is 0 Å². The number of carbonyl (C=O) groups excluding carboxylic acids is 1. The molecule has 0 radical (unpaired) electrons. The largest absolute Gasteiger partial charge is 0.394 e. The van der Waals surface area contributed by atoms with Gasteiger partial charge < -0.3 is 15.5 Å². The summed E-state index contributed by atoms with van der Waals surface area (Å²) in [6.07, 6.45) is 62.3. The first-order valence-electron chi connectivity index (χ1n) is 23.9. The minimum Gasteiger partial charge on any atom is -0.394 e. The second-order valence-corrected chi connectivity index (χ2v) is 16.2. The van der Waals surface area contributed by atoms with Gasteiger partial charge in [0.2, 0.25) is 5.91 Å². The van der Waals surface area contributed by atoms with Crippen molar-refractivity contribution in [3.05, 3.63) is 48.6 Å². The van der Waals surface area contributed by atoms with Gasteiger partial charge in [0.05, 0.1) is 18.8 Å². The molecule has 2 unspecified atom stereocenters. The summed E-state index contributed by atoms with van der Waals surface area (Å²) >= 11 is 0. The molecular weight excluding hydrogens is 663 g/mol. The van der Waals surface area contributed by atoms with Crippen molar-refractivity contribution in [2.24, 2.45) is 0 Å². The Morgan fingerprint density at radius 3 is 1.07 bits per heavy atom. The van der Waals surface area contributed by atoms with Crippen LogP contribution in [-0.4, -0.2) is 34.9 Å². The van der Waals surface area contributed by atoms with Gasteiger partial charge in [0.25, 0.3) is 0 Å². The van der Waals surface area contributed by atoms with E-state index in [2.05, 4.69) is 55.6 Å². The number of carbonyl (C=O) groups is 1. The predicted molar refractivity (Wildman–Crippen MR) is 239 cm³/mol. The van der Waals surface area contributed by atoms with E-state index in [4.69, 9.17) is 0 Å². The highest BCUT2D eigenvalue weighted by atomic mass is 16.3. The third-order valence-corrected chi connectivity index (χ3v) is 10.8. The molecule has 54 heavy (non-hydrogen) atoms. The first-order chi connectivity index (χ1) is 26.7. The van der Waals surface area contributed by atoms with E-state index in [1.54, 1.807) is 6.08 Å². The van der Waals surface area contributed by atoms with Crippen molar-refractivity contribution in [2.45, 2.75) is 257 Å². The molecule has 0 spiro atoms. The number of nitrogens with one attached hydrogen (secondary N) is 1. The zero-order valence-electron chi connectivity index (χ0n) is 36.2. The lowest BCUT2D eigenvalue weighted by Gasteiger charge is -2.19. The third-order valence-electron chi connectivity index (χ3n) is 10.8. The van der Waals surface area contributed by atoms with E-state index >= 15 is 0 Å². The molecule has 0 aliphatic rings. The number of unbranched alkanes of at least 4 members (excludes halogenated alkanes) is 30. The molecule has 4 heteroatoms. The number of hydrogen-bond donors (Lipinski definition) is 3. The summed E-state index contributed by atoms with van der Waals surface area (Å²) in [5.41, 5.74) is 0. The molecule has 4 nitrogen and oxygen atoms in total. The minimum absolute atomic E-state index is 0.0781. The van der Waals surface area contributed by atoms with Gasteiger partial charge in [-0.1, -0.05) is 217 Å². The molecule has 2 atom stereocenters. The summed E-state index contributed by atoms with van der Waals surface area (Å²) in [7, 11) is 0. The van der Waals surface area contributed by atoms with Gasteiger partial charge in [-0.15, -0.1) is 0 Å². The second kappa shape index (κ2) is 45.7. The molecule has 0 aromatic heterocycles. The topological polar surface area (TPSA) is 69.6 Å². The fraction of sp³-hybridized carbons (Fsp3) is 0.820. The maximum absolute atomic E-state index is 12.4. The number of aliphatic hydroxyl groups is 2. The third kappa shape index (κ3) is 41.5. The highest BCUT2D eigenvalue weighted by Crippen LogP contribution is 2.15. The Bertz CT molecular complexity index is 862. The highest BCUT2D eigenvalue weighted by molar-refractivity contribution is 5.76. The number of aliphatic hydroxyl groups excluding tert-OH is 2. The molecule has 0 saturated heterocycles. The summed E-state index contributed by atoms with van der Waals surface area (Å²) in [4.78, 5) is 12.4.